The molecule has 1 aromatic carbocycles. The molecule has 0 spiro atoms. The van der Waals surface area contributed by atoms with Crippen molar-refractivity contribution >= 4 is 29.3 Å². The number of carbonyl (C=O) groups excluding carboxylic acids is 4. The van der Waals surface area contributed by atoms with Crippen molar-refractivity contribution in [1.82, 2.24) is 15.5 Å². The predicted octanol–water partition coefficient (Wildman–Crippen LogP) is 0.478. The van der Waals surface area contributed by atoms with E-state index in [1.807, 2.05) is 0 Å². The Hall–Kier alpha value is -3.02. The zero-order valence-electron chi connectivity index (χ0n) is 20.8. The zero-order valence-corrected chi connectivity index (χ0v) is 20.8. The number of benzene rings is 1. The number of likely N-dealkylation sites (tertiary alicyclic amines) is 1. The monoisotopic (exact) mass is 504 g/mol. The van der Waals surface area contributed by atoms with Gasteiger partial charge in [0.2, 0.25) is 17.7 Å². The highest BCUT2D eigenvalue weighted by atomic mass is 16.5. The van der Waals surface area contributed by atoms with E-state index < -0.39 is 0 Å². The second-order valence-electron chi connectivity index (χ2n) is 8.82. The second-order valence-corrected chi connectivity index (χ2v) is 8.82. The van der Waals surface area contributed by atoms with E-state index in [-0.39, 0.29) is 36.1 Å². The number of rotatable bonds is 14. The Bertz CT molecular complexity index is 924. The fourth-order valence-electron chi connectivity index (χ4n) is 4.13. The molecule has 1 aromatic rings. The minimum Gasteiger partial charge on any atom is -0.379 e. The molecule has 3 N–H and O–H groups in total. The van der Waals surface area contributed by atoms with Crippen molar-refractivity contribution in [3.8, 4) is 0 Å². The second kappa shape index (κ2) is 14.5. The molecule has 198 valence electrons. The van der Waals surface area contributed by atoms with Gasteiger partial charge in [-0.3, -0.25) is 19.2 Å². The van der Waals surface area contributed by atoms with Gasteiger partial charge in [0.15, 0.2) is 0 Å². The number of anilines is 1. The van der Waals surface area contributed by atoms with Gasteiger partial charge in [-0.2, -0.15) is 0 Å². The molecule has 2 aliphatic heterocycles. The lowest BCUT2D eigenvalue weighted by Gasteiger charge is -2.33. The van der Waals surface area contributed by atoms with Crippen LogP contribution in [0.3, 0.4) is 0 Å². The van der Waals surface area contributed by atoms with Gasteiger partial charge in [-0.15, -0.1) is 0 Å². The van der Waals surface area contributed by atoms with Crippen molar-refractivity contribution in [2.75, 3.05) is 64.6 Å². The highest BCUT2D eigenvalue weighted by Crippen LogP contribution is 2.25. The maximum Gasteiger partial charge on any atom is 0.253 e. The molecule has 11 heteroatoms. The Kier molecular flexibility index (Phi) is 11.1. The topological polar surface area (TPSA) is 135 Å². The number of fused-ring (bicyclic) bond motifs is 1. The average molecular weight is 505 g/mol. The van der Waals surface area contributed by atoms with Gasteiger partial charge in [0.05, 0.1) is 46.1 Å². The Morgan fingerprint density at radius 3 is 2.53 bits per heavy atom. The minimum atomic E-state index is -0.107. The Labute approximate surface area is 211 Å². The van der Waals surface area contributed by atoms with E-state index >= 15 is 0 Å². The van der Waals surface area contributed by atoms with Crippen molar-refractivity contribution in [2.24, 2.45) is 0 Å². The zero-order chi connectivity index (χ0) is 25.8. The summed E-state index contributed by atoms with van der Waals surface area (Å²) in [6.07, 6.45) is 2.16. The summed E-state index contributed by atoms with van der Waals surface area (Å²) in [5.74, 6) is -0.337. The Morgan fingerprint density at radius 2 is 1.78 bits per heavy atom. The summed E-state index contributed by atoms with van der Waals surface area (Å²) in [5.41, 5.74) is 2.16. The van der Waals surface area contributed by atoms with Gasteiger partial charge >= 0.3 is 0 Å². The molecule has 0 saturated carbocycles. The lowest BCUT2D eigenvalue weighted by Crippen LogP contribution is -2.49. The Balaban J connectivity index is 1.25. The largest absolute Gasteiger partial charge is 0.379 e. The third kappa shape index (κ3) is 9.21. The van der Waals surface area contributed by atoms with Crippen LogP contribution in [0.25, 0.3) is 0 Å². The summed E-state index contributed by atoms with van der Waals surface area (Å²) in [7, 11) is 0. The van der Waals surface area contributed by atoms with Crippen molar-refractivity contribution in [3.05, 3.63) is 29.3 Å². The summed E-state index contributed by atoms with van der Waals surface area (Å²) >= 11 is 0. The van der Waals surface area contributed by atoms with E-state index in [1.165, 1.54) is 6.92 Å². The van der Waals surface area contributed by atoms with E-state index in [4.69, 9.17) is 14.2 Å². The van der Waals surface area contributed by atoms with E-state index in [9.17, 15) is 19.2 Å². The molecule has 0 bridgehead atoms. The fourth-order valence-corrected chi connectivity index (χ4v) is 4.13. The molecular weight excluding hydrogens is 468 g/mol. The summed E-state index contributed by atoms with van der Waals surface area (Å²) in [5, 5.41) is 8.42. The summed E-state index contributed by atoms with van der Waals surface area (Å²) in [6, 6.07) is 5.19. The van der Waals surface area contributed by atoms with E-state index in [0.717, 1.165) is 24.1 Å². The van der Waals surface area contributed by atoms with Crippen LogP contribution in [-0.2, 0) is 35.0 Å². The lowest BCUT2D eigenvalue weighted by molar-refractivity contribution is -0.123. The molecular formula is C25H36N4O7. The number of piperidine rings is 1. The van der Waals surface area contributed by atoms with E-state index in [0.29, 0.717) is 71.3 Å². The standard InChI is InChI=1S/C25H36N4O7/c1-18(30)26-7-10-35-12-14-36-13-11-34-9-6-23(31)27-21-3-2-8-29(17-21)25(33)19-4-5-22-20(15-19)16-24(32)28-22/h4-5,15,21H,2-3,6-14,16-17H2,1H3,(H,26,30)(H,27,31)(H,28,32). The number of nitrogens with zero attached hydrogens (tertiary/aromatic N) is 1. The minimum absolute atomic E-state index is 0.0620. The van der Waals surface area contributed by atoms with Crippen LogP contribution in [0.1, 0.15) is 42.1 Å². The van der Waals surface area contributed by atoms with Crippen molar-refractivity contribution in [1.29, 1.82) is 0 Å². The van der Waals surface area contributed by atoms with Crippen LogP contribution < -0.4 is 16.0 Å². The first-order valence-corrected chi connectivity index (χ1v) is 12.4. The molecule has 1 fully saturated rings. The van der Waals surface area contributed by atoms with Gasteiger partial charge in [0.1, 0.15) is 0 Å². The van der Waals surface area contributed by atoms with E-state index in [2.05, 4.69) is 16.0 Å². The summed E-state index contributed by atoms with van der Waals surface area (Å²) < 4.78 is 16.2. The van der Waals surface area contributed by atoms with Crippen molar-refractivity contribution < 1.29 is 33.4 Å². The molecule has 36 heavy (non-hydrogen) atoms. The third-order valence-corrected chi connectivity index (χ3v) is 5.89. The van der Waals surface area contributed by atoms with Crippen molar-refractivity contribution in [3.63, 3.8) is 0 Å². The predicted molar refractivity (Wildman–Crippen MR) is 132 cm³/mol. The normalized spacial score (nSPS) is 16.9. The molecule has 3 rings (SSSR count). The third-order valence-electron chi connectivity index (χ3n) is 5.89. The highest BCUT2D eigenvalue weighted by molar-refractivity contribution is 6.01. The van der Waals surface area contributed by atoms with Crippen LogP contribution in [-0.4, -0.2) is 93.8 Å². The first kappa shape index (κ1) is 27.6. The molecule has 4 amide bonds. The van der Waals surface area contributed by atoms with Gasteiger partial charge in [0.25, 0.3) is 5.91 Å². The van der Waals surface area contributed by atoms with Crippen LogP contribution >= 0.6 is 0 Å². The van der Waals surface area contributed by atoms with Crippen molar-refractivity contribution in [2.45, 2.75) is 38.6 Å². The number of ether oxygens (including phenoxy) is 3. The summed E-state index contributed by atoms with van der Waals surface area (Å²) in [6.45, 7) is 5.42. The number of carbonyl (C=O) groups is 4. The molecule has 2 aliphatic rings. The first-order chi connectivity index (χ1) is 17.4. The molecule has 1 atom stereocenters. The lowest BCUT2D eigenvalue weighted by atomic mass is 10.0. The van der Waals surface area contributed by atoms with Gasteiger partial charge in [-0.1, -0.05) is 0 Å². The maximum absolute atomic E-state index is 13.0. The SMILES string of the molecule is CC(=O)NCCOCCOCCOCCC(=O)NC1CCCN(C(=O)c2ccc3c(c2)CC(=O)N3)C1. The molecule has 1 unspecified atom stereocenters. The molecule has 0 aromatic heterocycles. The quantitative estimate of drug-likeness (QED) is 0.314. The molecule has 2 heterocycles. The van der Waals surface area contributed by atoms with Gasteiger partial charge in [0, 0.05) is 50.3 Å². The molecule has 1 saturated heterocycles. The van der Waals surface area contributed by atoms with Gasteiger partial charge in [-0.05, 0) is 36.6 Å². The maximum atomic E-state index is 13.0. The summed E-state index contributed by atoms with van der Waals surface area (Å²) in [4.78, 5) is 49.3. The smallest absolute Gasteiger partial charge is 0.253 e. The van der Waals surface area contributed by atoms with E-state index in [1.54, 1.807) is 23.1 Å². The van der Waals surface area contributed by atoms with Crippen LogP contribution in [0.5, 0.6) is 0 Å². The van der Waals surface area contributed by atoms with Gasteiger partial charge < -0.3 is 35.1 Å². The number of nitrogens with one attached hydrogen (secondary N) is 3. The molecule has 11 nitrogen and oxygen atoms in total. The fraction of sp³-hybridized carbons (Fsp3) is 0.600. The number of amides is 4. The highest BCUT2D eigenvalue weighted by Gasteiger charge is 2.27. The van der Waals surface area contributed by atoms with Crippen LogP contribution in [0.2, 0.25) is 0 Å². The number of hydrogen-bond donors (Lipinski definition) is 3. The van der Waals surface area contributed by atoms with Gasteiger partial charge in [-0.25, -0.2) is 0 Å². The van der Waals surface area contributed by atoms with Crippen LogP contribution in [0.4, 0.5) is 5.69 Å². The molecule has 0 aliphatic carbocycles. The number of hydrogen-bond acceptors (Lipinski definition) is 7. The van der Waals surface area contributed by atoms with Crippen LogP contribution in [0, 0.1) is 0 Å². The first-order valence-electron chi connectivity index (χ1n) is 12.4. The molecule has 0 radical (unpaired) electrons. The van der Waals surface area contributed by atoms with Crippen LogP contribution in [0.15, 0.2) is 18.2 Å². The average Bonchev–Trinajstić information content (AvgIpc) is 3.23. The Morgan fingerprint density at radius 1 is 1.06 bits per heavy atom.